The Balaban J connectivity index is 1.41. The standard InChI is InChI=1S/C22H21FN4O2/c23-18-9-7-15(8-10-18)19-12-20(26-25-19)22(29)24-13-16-4-1-2-5-17(16)14-27-11-3-6-21(27)28/h1-2,4-5,7-10,12H,3,6,11,13-14H2,(H,24,29)(H,25,26). The van der Waals surface area contributed by atoms with E-state index in [1.54, 1.807) is 18.2 Å². The van der Waals surface area contributed by atoms with E-state index in [1.165, 1.54) is 12.1 Å². The van der Waals surface area contributed by atoms with Crippen LogP contribution in [0.4, 0.5) is 4.39 Å². The van der Waals surface area contributed by atoms with Crippen molar-refractivity contribution in [3.05, 3.63) is 77.2 Å². The second-order valence-corrected chi connectivity index (χ2v) is 7.04. The van der Waals surface area contributed by atoms with E-state index in [0.29, 0.717) is 30.9 Å². The summed E-state index contributed by atoms with van der Waals surface area (Å²) in [5.74, 6) is -0.427. The number of nitrogens with zero attached hydrogens (tertiary/aromatic N) is 2. The van der Waals surface area contributed by atoms with Crippen LogP contribution in [0, 0.1) is 5.82 Å². The van der Waals surface area contributed by atoms with Crippen LogP contribution in [0.25, 0.3) is 11.3 Å². The van der Waals surface area contributed by atoms with Gasteiger partial charge in [0.05, 0.1) is 5.69 Å². The van der Waals surface area contributed by atoms with Crippen LogP contribution in [-0.2, 0) is 17.9 Å². The summed E-state index contributed by atoms with van der Waals surface area (Å²) >= 11 is 0. The maximum Gasteiger partial charge on any atom is 0.269 e. The van der Waals surface area contributed by atoms with E-state index in [4.69, 9.17) is 0 Å². The summed E-state index contributed by atoms with van der Waals surface area (Å²) < 4.78 is 13.1. The first kappa shape index (κ1) is 18.9. The number of aromatic nitrogens is 2. The Morgan fingerprint density at radius 2 is 1.90 bits per heavy atom. The van der Waals surface area contributed by atoms with Crippen molar-refractivity contribution in [2.24, 2.45) is 0 Å². The monoisotopic (exact) mass is 392 g/mol. The number of hydrogen-bond acceptors (Lipinski definition) is 3. The van der Waals surface area contributed by atoms with E-state index in [0.717, 1.165) is 29.7 Å². The van der Waals surface area contributed by atoms with Crippen LogP contribution in [0.2, 0.25) is 0 Å². The van der Waals surface area contributed by atoms with Gasteiger partial charge in [-0.05, 0) is 47.9 Å². The SMILES string of the molecule is O=C(NCc1ccccc1CN1CCCC1=O)c1cc(-c2ccc(F)cc2)n[nH]1. The lowest BCUT2D eigenvalue weighted by atomic mass is 10.1. The smallest absolute Gasteiger partial charge is 0.269 e. The van der Waals surface area contributed by atoms with Crippen LogP contribution >= 0.6 is 0 Å². The zero-order valence-electron chi connectivity index (χ0n) is 15.8. The molecule has 1 fully saturated rings. The fraction of sp³-hybridized carbons (Fsp3) is 0.227. The van der Waals surface area contributed by atoms with Crippen molar-refractivity contribution in [3.8, 4) is 11.3 Å². The number of likely N-dealkylation sites (tertiary alicyclic amines) is 1. The molecule has 2 N–H and O–H groups in total. The molecule has 0 aliphatic carbocycles. The number of carbonyl (C=O) groups excluding carboxylic acids is 2. The molecule has 2 aromatic carbocycles. The molecule has 1 aromatic heterocycles. The number of amides is 2. The summed E-state index contributed by atoms with van der Waals surface area (Å²) in [6, 6.07) is 15.4. The second kappa shape index (κ2) is 8.26. The Morgan fingerprint density at radius 1 is 1.14 bits per heavy atom. The largest absolute Gasteiger partial charge is 0.347 e. The normalized spacial score (nSPS) is 13.7. The van der Waals surface area contributed by atoms with Gasteiger partial charge in [-0.2, -0.15) is 5.10 Å². The van der Waals surface area contributed by atoms with E-state index in [1.807, 2.05) is 29.2 Å². The molecule has 3 aromatic rings. The molecule has 7 heteroatoms. The fourth-order valence-electron chi connectivity index (χ4n) is 3.44. The Labute approximate surface area is 167 Å². The first-order valence-electron chi connectivity index (χ1n) is 9.54. The Hall–Kier alpha value is -3.48. The van der Waals surface area contributed by atoms with Crippen LogP contribution in [0.3, 0.4) is 0 Å². The lowest BCUT2D eigenvalue weighted by molar-refractivity contribution is -0.128. The zero-order chi connectivity index (χ0) is 20.2. The van der Waals surface area contributed by atoms with Crippen molar-refractivity contribution in [3.63, 3.8) is 0 Å². The lowest BCUT2D eigenvalue weighted by Crippen LogP contribution is -2.27. The van der Waals surface area contributed by atoms with E-state index in [9.17, 15) is 14.0 Å². The highest BCUT2D eigenvalue weighted by Crippen LogP contribution is 2.19. The number of aromatic amines is 1. The Bertz CT molecular complexity index is 1030. The van der Waals surface area contributed by atoms with Gasteiger partial charge < -0.3 is 10.2 Å². The lowest BCUT2D eigenvalue weighted by Gasteiger charge is -2.18. The Kier molecular flexibility index (Phi) is 5.37. The summed E-state index contributed by atoms with van der Waals surface area (Å²) in [4.78, 5) is 26.3. The molecule has 0 saturated carbocycles. The number of halogens is 1. The third-order valence-electron chi connectivity index (χ3n) is 5.05. The molecule has 0 atom stereocenters. The van der Waals surface area contributed by atoms with Crippen molar-refractivity contribution >= 4 is 11.8 Å². The van der Waals surface area contributed by atoms with Gasteiger partial charge in [-0.3, -0.25) is 14.7 Å². The quantitative estimate of drug-likeness (QED) is 0.676. The minimum Gasteiger partial charge on any atom is -0.347 e. The van der Waals surface area contributed by atoms with Crippen molar-refractivity contribution < 1.29 is 14.0 Å². The van der Waals surface area contributed by atoms with Crippen LogP contribution < -0.4 is 5.32 Å². The highest BCUT2D eigenvalue weighted by molar-refractivity contribution is 5.93. The van der Waals surface area contributed by atoms with Crippen molar-refractivity contribution in [2.45, 2.75) is 25.9 Å². The molecular formula is C22H21FN4O2. The zero-order valence-corrected chi connectivity index (χ0v) is 15.8. The summed E-state index contributed by atoms with van der Waals surface area (Å²) in [5.41, 5.74) is 3.63. The molecule has 29 heavy (non-hydrogen) atoms. The van der Waals surface area contributed by atoms with Crippen LogP contribution in [0.1, 0.15) is 34.5 Å². The van der Waals surface area contributed by atoms with Gasteiger partial charge in [-0.15, -0.1) is 0 Å². The highest BCUT2D eigenvalue weighted by atomic mass is 19.1. The molecule has 2 amide bonds. The fourth-order valence-corrected chi connectivity index (χ4v) is 3.44. The van der Waals surface area contributed by atoms with E-state index in [-0.39, 0.29) is 17.6 Å². The molecule has 0 radical (unpaired) electrons. The average Bonchev–Trinajstić information content (AvgIpc) is 3.37. The predicted molar refractivity (Wildman–Crippen MR) is 106 cm³/mol. The van der Waals surface area contributed by atoms with Crippen LogP contribution in [-0.4, -0.2) is 33.5 Å². The van der Waals surface area contributed by atoms with Crippen molar-refractivity contribution in [2.75, 3.05) is 6.54 Å². The Morgan fingerprint density at radius 3 is 2.62 bits per heavy atom. The van der Waals surface area contributed by atoms with Gasteiger partial charge in [0.15, 0.2) is 0 Å². The third kappa shape index (κ3) is 4.34. The van der Waals surface area contributed by atoms with E-state index in [2.05, 4.69) is 15.5 Å². The van der Waals surface area contributed by atoms with Crippen molar-refractivity contribution in [1.29, 1.82) is 0 Å². The molecule has 6 nitrogen and oxygen atoms in total. The number of nitrogens with one attached hydrogen (secondary N) is 2. The molecule has 1 aliphatic heterocycles. The van der Waals surface area contributed by atoms with Gasteiger partial charge in [0.2, 0.25) is 5.91 Å². The maximum atomic E-state index is 13.1. The minimum atomic E-state index is -0.323. The first-order chi connectivity index (χ1) is 14.1. The van der Waals surface area contributed by atoms with Gasteiger partial charge in [-0.25, -0.2) is 4.39 Å². The summed E-state index contributed by atoms with van der Waals surface area (Å²) in [7, 11) is 0. The molecule has 2 heterocycles. The highest BCUT2D eigenvalue weighted by Gasteiger charge is 2.21. The van der Waals surface area contributed by atoms with Crippen LogP contribution in [0.5, 0.6) is 0 Å². The molecule has 1 aliphatic rings. The van der Waals surface area contributed by atoms with Gasteiger partial charge in [0.1, 0.15) is 11.5 Å². The maximum absolute atomic E-state index is 13.1. The predicted octanol–water partition coefficient (Wildman–Crippen LogP) is 3.27. The molecule has 1 saturated heterocycles. The second-order valence-electron chi connectivity index (χ2n) is 7.04. The molecule has 0 unspecified atom stereocenters. The van der Waals surface area contributed by atoms with Gasteiger partial charge >= 0.3 is 0 Å². The number of benzene rings is 2. The number of carbonyl (C=O) groups is 2. The van der Waals surface area contributed by atoms with Crippen LogP contribution in [0.15, 0.2) is 54.6 Å². The number of H-pyrrole nitrogens is 1. The van der Waals surface area contributed by atoms with E-state index >= 15 is 0 Å². The summed E-state index contributed by atoms with van der Waals surface area (Å²) in [6.45, 7) is 1.69. The third-order valence-corrected chi connectivity index (χ3v) is 5.05. The molecular weight excluding hydrogens is 371 g/mol. The van der Waals surface area contributed by atoms with Crippen molar-refractivity contribution in [1.82, 2.24) is 20.4 Å². The average molecular weight is 392 g/mol. The van der Waals surface area contributed by atoms with E-state index < -0.39 is 0 Å². The molecule has 148 valence electrons. The van der Waals surface area contributed by atoms with Gasteiger partial charge in [0.25, 0.3) is 5.91 Å². The first-order valence-corrected chi connectivity index (χ1v) is 9.54. The number of rotatable bonds is 6. The molecule has 0 spiro atoms. The molecule has 0 bridgehead atoms. The minimum absolute atomic E-state index is 0.176. The van der Waals surface area contributed by atoms with Gasteiger partial charge in [0, 0.05) is 31.6 Å². The summed E-state index contributed by atoms with van der Waals surface area (Å²) in [5, 5.41) is 9.75. The molecule has 4 rings (SSSR count). The topological polar surface area (TPSA) is 78.1 Å². The summed E-state index contributed by atoms with van der Waals surface area (Å²) in [6.07, 6.45) is 1.50. The van der Waals surface area contributed by atoms with Gasteiger partial charge in [-0.1, -0.05) is 24.3 Å². The number of hydrogen-bond donors (Lipinski definition) is 2.